The number of phenolic OH excluding ortho intramolecular Hbond substituents is 2. The van der Waals surface area contributed by atoms with E-state index >= 15 is 0 Å². The molecule has 0 aliphatic heterocycles. The second-order valence-electron chi connectivity index (χ2n) is 4.67. The Morgan fingerprint density at radius 3 is 1.94 bits per heavy atom. The van der Waals surface area contributed by atoms with Crippen LogP contribution in [0.1, 0.15) is 57.1 Å². The number of aryl methyl sites for hydroxylation is 1. The van der Waals surface area contributed by atoms with Crippen molar-refractivity contribution in [3.8, 4) is 11.5 Å². The monoisotopic (exact) mass is 236 g/mol. The van der Waals surface area contributed by atoms with Crippen LogP contribution in [-0.4, -0.2) is 10.2 Å². The van der Waals surface area contributed by atoms with Gasteiger partial charge in [-0.05, 0) is 43.4 Å². The van der Waals surface area contributed by atoms with E-state index in [1.54, 1.807) is 12.1 Å². The highest BCUT2D eigenvalue weighted by molar-refractivity contribution is 5.46. The molecule has 0 radical (unpaired) electrons. The Hall–Kier alpha value is -1.18. The Morgan fingerprint density at radius 1 is 0.824 bits per heavy atom. The zero-order valence-electron chi connectivity index (χ0n) is 11.0. The summed E-state index contributed by atoms with van der Waals surface area (Å²) in [6.07, 6.45) is 7.25. The molecule has 0 spiro atoms. The predicted octanol–water partition coefficient (Wildman–Crippen LogP) is 4.17. The maximum Gasteiger partial charge on any atom is 0.122 e. The van der Waals surface area contributed by atoms with Crippen LogP contribution in [0.4, 0.5) is 0 Å². The number of phenols is 2. The van der Waals surface area contributed by atoms with Crippen molar-refractivity contribution in [2.75, 3.05) is 0 Å². The molecule has 2 heteroatoms. The molecule has 0 aliphatic rings. The number of hydrogen-bond donors (Lipinski definition) is 2. The van der Waals surface area contributed by atoms with Gasteiger partial charge in [0.05, 0.1) is 0 Å². The first kappa shape index (κ1) is 13.9. The average molecular weight is 236 g/mol. The molecule has 0 atom stereocenters. The summed E-state index contributed by atoms with van der Waals surface area (Å²) in [5, 5.41) is 19.8. The summed E-state index contributed by atoms with van der Waals surface area (Å²) in [5.74, 6) is 0.509. The summed E-state index contributed by atoms with van der Waals surface area (Å²) in [6, 6.07) is 3.61. The third-order valence-electron chi connectivity index (χ3n) is 3.11. The Bertz CT molecular complexity index is 322. The van der Waals surface area contributed by atoms with Gasteiger partial charge in [0.2, 0.25) is 0 Å². The molecule has 0 aliphatic carbocycles. The maximum atomic E-state index is 9.90. The molecule has 0 heterocycles. The van der Waals surface area contributed by atoms with E-state index in [0.717, 1.165) is 37.7 Å². The standard InChI is InChI=1S/C15H24O2/c1-3-5-7-8-12-10-14(16)13(9-6-4-2)15(17)11-12/h10-11,16-17H,3-9H2,1-2H3. The van der Waals surface area contributed by atoms with Crippen molar-refractivity contribution in [3.63, 3.8) is 0 Å². The lowest BCUT2D eigenvalue weighted by Gasteiger charge is -2.09. The third-order valence-corrected chi connectivity index (χ3v) is 3.11. The third kappa shape index (κ3) is 4.29. The number of benzene rings is 1. The Balaban J connectivity index is 2.71. The van der Waals surface area contributed by atoms with Gasteiger partial charge in [-0.2, -0.15) is 0 Å². The van der Waals surface area contributed by atoms with Gasteiger partial charge in [-0.15, -0.1) is 0 Å². The van der Waals surface area contributed by atoms with E-state index in [1.807, 2.05) is 0 Å². The topological polar surface area (TPSA) is 40.5 Å². The van der Waals surface area contributed by atoms with Gasteiger partial charge in [-0.25, -0.2) is 0 Å². The fourth-order valence-corrected chi connectivity index (χ4v) is 2.03. The summed E-state index contributed by atoms with van der Waals surface area (Å²) >= 11 is 0. The molecule has 1 aromatic carbocycles. The van der Waals surface area contributed by atoms with Crippen LogP contribution in [0.15, 0.2) is 12.1 Å². The van der Waals surface area contributed by atoms with Crippen molar-refractivity contribution >= 4 is 0 Å². The van der Waals surface area contributed by atoms with Gasteiger partial charge >= 0.3 is 0 Å². The molecular formula is C15H24O2. The van der Waals surface area contributed by atoms with Crippen molar-refractivity contribution in [2.45, 2.75) is 58.8 Å². The van der Waals surface area contributed by atoms with Crippen LogP contribution in [0.5, 0.6) is 11.5 Å². The number of hydrogen-bond acceptors (Lipinski definition) is 2. The van der Waals surface area contributed by atoms with Crippen molar-refractivity contribution < 1.29 is 10.2 Å². The molecular weight excluding hydrogens is 212 g/mol. The molecule has 1 aromatic rings. The Kier molecular flexibility index (Phi) is 5.88. The lowest BCUT2D eigenvalue weighted by molar-refractivity contribution is 0.435. The molecule has 0 saturated heterocycles. The fraction of sp³-hybridized carbons (Fsp3) is 0.600. The number of rotatable bonds is 7. The fourth-order valence-electron chi connectivity index (χ4n) is 2.03. The zero-order valence-corrected chi connectivity index (χ0v) is 11.0. The van der Waals surface area contributed by atoms with E-state index in [-0.39, 0.29) is 11.5 Å². The van der Waals surface area contributed by atoms with E-state index in [0.29, 0.717) is 5.56 Å². The molecule has 0 fully saturated rings. The van der Waals surface area contributed by atoms with Crippen LogP contribution in [0.25, 0.3) is 0 Å². The zero-order chi connectivity index (χ0) is 12.7. The van der Waals surface area contributed by atoms with E-state index in [9.17, 15) is 10.2 Å². The van der Waals surface area contributed by atoms with Gasteiger partial charge in [0.15, 0.2) is 0 Å². The van der Waals surface area contributed by atoms with Gasteiger partial charge < -0.3 is 10.2 Å². The Morgan fingerprint density at radius 2 is 1.41 bits per heavy atom. The van der Waals surface area contributed by atoms with Crippen molar-refractivity contribution in [1.29, 1.82) is 0 Å². The second kappa shape index (κ2) is 7.21. The molecule has 1 rings (SSSR count). The van der Waals surface area contributed by atoms with Gasteiger partial charge in [0.1, 0.15) is 11.5 Å². The minimum absolute atomic E-state index is 0.255. The minimum Gasteiger partial charge on any atom is -0.508 e. The van der Waals surface area contributed by atoms with Crippen molar-refractivity contribution in [2.24, 2.45) is 0 Å². The molecule has 0 amide bonds. The van der Waals surface area contributed by atoms with E-state index in [1.165, 1.54) is 12.8 Å². The lowest BCUT2D eigenvalue weighted by atomic mass is 10.0. The van der Waals surface area contributed by atoms with E-state index in [2.05, 4.69) is 13.8 Å². The first-order valence-corrected chi connectivity index (χ1v) is 6.72. The average Bonchev–Trinajstić information content (AvgIpc) is 2.28. The number of aromatic hydroxyl groups is 2. The summed E-state index contributed by atoms with van der Waals surface area (Å²) in [6.45, 7) is 4.27. The van der Waals surface area contributed by atoms with Gasteiger partial charge in [-0.1, -0.05) is 33.1 Å². The van der Waals surface area contributed by atoms with Gasteiger partial charge in [0.25, 0.3) is 0 Å². The second-order valence-corrected chi connectivity index (χ2v) is 4.67. The van der Waals surface area contributed by atoms with Crippen LogP contribution in [0.2, 0.25) is 0 Å². The SMILES string of the molecule is CCCCCc1cc(O)c(CCCC)c(O)c1. The van der Waals surface area contributed by atoms with Crippen LogP contribution in [0, 0.1) is 0 Å². The lowest BCUT2D eigenvalue weighted by Crippen LogP contribution is -1.91. The summed E-state index contributed by atoms with van der Waals surface area (Å²) in [7, 11) is 0. The molecule has 96 valence electrons. The summed E-state index contributed by atoms with van der Waals surface area (Å²) in [4.78, 5) is 0. The first-order valence-electron chi connectivity index (χ1n) is 6.72. The molecule has 0 aromatic heterocycles. The van der Waals surface area contributed by atoms with Crippen LogP contribution in [-0.2, 0) is 12.8 Å². The van der Waals surface area contributed by atoms with Crippen molar-refractivity contribution in [3.05, 3.63) is 23.3 Å². The van der Waals surface area contributed by atoms with E-state index in [4.69, 9.17) is 0 Å². The highest BCUT2D eigenvalue weighted by Gasteiger charge is 2.09. The molecule has 2 N–H and O–H groups in total. The smallest absolute Gasteiger partial charge is 0.122 e. The van der Waals surface area contributed by atoms with Gasteiger partial charge in [-0.3, -0.25) is 0 Å². The first-order chi connectivity index (χ1) is 8.19. The van der Waals surface area contributed by atoms with Crippen LogP contribution in [0.3, 0.4) is 0 Å². The highest BCUT2D eigenvalue weighted by Crippen LogP contribution is 2.30. The Labute approximate surface area is 104 Å². The number of unbranched alkanes of at least 4 members (excludes halogenated alkanes) is 3. The summed E-state index contributed by atoms with van der Waals surface area (Å²) in [5.41, 5.74) is 1.74. The normalized spacial score (nSPS) is 10.7. The predicted molar refractivity (Wildman–Crippen MR) is 71.6 cm³/mol. The molecule has 0 saturated carbocycles. The highest BCUT2D eigenvalue weighted by atomic mass is 16.3. The summed E-state index contributed by atoms with van der Waals surface area (Å²) < 4.78 is 0. The van der Waals surface area contributed by atoms with Gasteiger partial charge in [0, 0.05) is 5.56 Å². The minimum atomic E-state index is 0.255. The van der Waals surface area contributed by atoms with Crippen molar-refractivity contribution in [1.82, 2.24) is 0 Å². The molecule has 17 heavy (non-hydrogen) atoms. The quantitative estimate of drug-likeness (QED) is 0.697. The van der Waals surface area contributed by atoms with Crippen LogP contribution >= 0.6 is 0 Å². The molecule has 0 bridgehead atoms. The van der Waals surface area contributed by atoms with Crippen LogP contribution < -0.4 is 0 Å². The largest absolute Gasteiger partial charge is 0.508 e. The maximum absolute atomic E-state index is 9.90. The molecule has 2 nitrogen and oxygen atoms in total. The molecule has 0 unspecified atom stereocenters. The van der Waals surface area contributed by atoms with E-state index < -0.39 is 0 Å².